The van der Waals surface area contributed by atoms with Crippen LogP contribution in [0.3, 0.4) is 0 Å². The lowest BCUT2D eigenvalue weighted by Crippen LogP contribution is -2.52. The molecule has 0 bridgehead atoms. The Labute approximate surface area is 204 Å². The van der Waals surface area contributed by atoms with Gasteiger partial charge in [-0.2, -0.15) is 5.01 Å². The number of carbonyl (C=O) groups is 4. The van der Waals surface area contributed by atoms with Crippen LogP contribution >= 0.6 is 0 Å². The van der Waals surface area contributed by atoms with Crippen LogP contribution in [0.5, 0.6) is 0 Å². The first-order valence-corrected chi connectivity index (χ1v) is 11.0. The minimum Gasteiger partial charge on any atom is -0.292 e. The van der Waals surface area contributed by atoms with Crippen molar-refractivity contribution in [1.29, 1.82) is 0 Å². The molecule has 0 aromatic heterocycles. The van der Waals surface area contributed by atoms with E-state index in [0.29, 0.717) is 11.4 Å². The van der Waals surface area contributed by atoms with Gasteiger partial charge in [0, 0.05) is 35.4 Å². The number of imide groups is 1. The Hall–Kier alpha value is -4.74. The van der Waals surface area contributed by atoms with Gasteiger partial charge in [0.25, 0.3) is 29.1 Å². The molecule has 0 unspecified atom stereocenters. The number of benzene rings is 2. The van der Waals surface area contributed by atoms with Crippen LogP contribution in [0, 0.1) is 38.0 Å². The highest BCUT2D eigenvalue weighted by Gasteiger charge is 2.53. The zero-order chi connectivity index (χ0) is 26.1. The van der Waals surface area contributed by atoms with Gasteiger partial charge in [-0.05, 0) is 36.6 Å². The zero-order valence-corrected chi connectivity index (χ0v) is 19.0. The number of fused-ring (bicyclic) bond motifs is 1. The largest absolute Gasteiger partial charge is 0.292 e. The Morgan fingerprint density at radius 3 is 1.94 bits per heavy atom. The highest BCUT2D eigenvalue weighted by molar-refractivity contribution is 6.10. The molecule has 0 spiro atoms. The first-order valence-electron chi connectivity index (χ1n) is 11.0. The van der Waals surface area contributed by atoms with Gasteiger partial charge in [-0.15, -0.1) is 0 Å². The van der Waals surface area contributed by atoms with Crippen molar-refractivity contribution < 1.29 is 29.0 Å². The van der Waals surface area contributed by atoms with Crippen molar-refractivity contribution in [2.24, 2.45) is 17.8 Å². The lowest BCUT2D eigenvalue weighted by Gasteiger charge is -2.30. The van der Waals surface area contributed by atoms with Gasteiger partial charge in [-0.1, -0.05) is 19.1 Å². The van der Waals surface area contributed by atoms with Crippen molar-refractivity contribution in [1.82, 2.24) is 10.0 Å². The number of allylic oxidation sites excluding steroid dienone is 2. The van der Waals surface area contributed by atoms with E-state index in [-0.39, 0.29) is 28.4 Å². The summed E-state index contributed by atoms with van der Waals surface area (Å²) in [5, 5.41) is 23.3. The van der Waals surface area contributed by atoms with Gasteiger partial charge in [-0.3, -0.25) is 39.4 Å². The molecule has 1 aliphatic heterocycles. The Kier molecular flexibility index (Phi) is 6.43. The summed E-state index contributed by atoms with van der Waals surface area (Å²) in [6, 6.07) is 9.24. The summed E-state index contributed by atoms with van der Waals surface area (Å²) < 4.78 is 0. The minimum absolute atomic E-state index is 0.0358. The number of Topliss-reactive ketones (excluding diaryl/α,β-unsaturated/α-hetero) is 1. The molecule has 2 aromatic rings. The molecule has 0 N–H and O–H groups in total. The Balaban J connectivity index is 1.69. The summed E-state index contributed by atoms with van der Waals surface area (Å²) in [5.41, 5.74) is -0.535. The van der Waals surface area contributed by atoms with Crippen molar-refractivity contribution in [3.05, 3.63) is 92.0 Å². The second-order valence-electron chi connectivity index (χ2n) is 8.54. The first kappa shape index (κ1) is 24.4. The zero-order valence-electron chi connectivity index (χ0n) is 19.0. The molecule has 0 saturated carbocycles. The van der Waals surface area contributed by atoms with Crippen LogP contribution in [-0.4, -0.2) is 49.9 Å². The van der Waals surface area contributed by atoms with Crippen LogP contribution in [0.2, 0.25) is 0 Å². The fraction of sp³-hybridized carbons (Fsp3) is 0.250. The van der Waals surface area contributed by atoms with Crippen molar-refractivity contribution in [3.8, 4) is 0 Å². The molecule has 1 fully saturated rings. The predicted octanol–water partition coefficient (Wildman–Crippen LogP) is 2.94. The number of amides is 3. The fourth-order valence-corrected chi connectivity index (χ4v) is 4.47. The maximum Gasteiger partial charge on any atom is 0.273 e. The third kappa shape index (κ3) is 4.35. The molecule has 12 nitrogen and oxygen atoms in total. The van der Waals surface area contributed by atoms with Gasteiger partial charge in [0.2, 0.25) is 0 Å². The van der Waals surface area contributed by atoms with E-state index >= 15 is 0 Å². The Morgan fingerprint density at radius 2 is 1.44 bits per heavy atom. The van der Waals surface area contributed by atoms with E-state index in [1.807, 2.05) is 6.08 Å². The Morgan fingerprint density at radius 1 is 0.917 bits per heavy atom. The maximum atomic E-state index is 13.5. The summed E-state index contributed by atoms with van der Waals surface area (Å²) in [4.78, 5) is 73.7. The summed E-state index contributed by atoms with van der Waals surface area (Å²) >= 11 is 0. The molecule has 12 heteroatoms. The third-order valence-corrected chi connectivity index (χ3v) is 6.34. The predicted molar refractivity (Wildman–Crippen MR) is 123 cm³/mol. The molecule has 1 aliphatic carbocycles. The quantitative estimate of drug-likeness (QED) is 0.187. The molecule has 4 rings (SSSR count). The average Bonchev–Trinajstić information content (AvgIpc) is 3.12. The van der Waals surface area contributed by atoms with E-state index in [1.54, 1.807) is 13.0 Å². The number of carbonyl (C=O) groups excluding carboxylic acids is 4. The summed E-state index contributed by atoms with van der Waals surface area (Å²) in [5.74, 6) is -4.40. The molecule has 1 heterocycles. The molecular weight excluding hydrogens is 472 g/mol. The van der Waals surface area contributed by atoms with E-state index in [2.05, 4.69) is 0 Å². The van der Waals surface area contributed by atoms with Crippen molar-refractivity contribution in [2.75, 3.05) is 6.54 Å². The molecular formula is C24H20N4O8. The van der Waals surface area contributed by atoms with Crippen LogP contribution in [0.25, 0.3) is 0 Å². The number of nitro benzene ring substituents is 2. The lowest BCUT2D eigenvalue weighted by atomic mass is 9.78. The van der Waals surface area contributed by atoms with Gasteiger partial charge in [-0.25, -0.2) is 5.01 Å². The number of non-ortho nitro benzene ring substituents is 2. The van der Waals surface area contributed by atoms with Gasteiger partial charge < -0.3 is 0 Å². The number of hydrogen-bond acceptors (Lipinski definition) is 8. The maximum absolute atomic E-state index is 13.5. The minimum atomic E-state index is -0.874. The SMILES string of the molecule is C[C@@H]1C=CC[C@@H]2C(=O)N(N(CC(=O)c3ccc([N+](=O)[O-])cc3)C(=O)c3ccc([N+](=O)[O-])cc3)C(=O)[C@H]12. The van der Waals surface area contributed by atoms with E-state index in [1.165, 1.54) is 24.3 Å². The second kappa shape index (κ2) is 9.49. The van der Waals surface area contributed by atoms with Gasteiger partial charge in [0.15, 0.2) is 5.78 Å². The molecule has 2 aliphatic rings. The number of nitrogens with zero attached hydrogens (tertiary/aromatic N) is 4. The van der Waals surface area contributed by atoms with E-state index in [4.69, 9.17) is 0 Å². The Bertz CT molecular complexity index is 1300. The molecule has 2 aromatic carbocycles. The number of hydrazine groups is 1. The topological polar surface area (TPSA) is 161 Å². The summed E-state index contributed by atoms with van der Waals surface area (Å²) in [6.45, 7) is 1.08. The van der Waals surface area contributed by atoms with Crippen molar-refractivity contribution in [3.63, 3.8) is 0 Å². The summed E-state index contributed by atoms with van der Waals surface area (Å²) in [7, 11) is 0. The van der Waals surface area contributed by atoms with Gasteiger partial charge >= 0.3 is 0 Å². The highest BCUT2D eigenvalue weighted by atomic mass is 16.6. The number of ketones is 1. The molecule has 184 valence electrons. The molecule has 1 saturated heterocycles. The van der Waals surface area contributed by atoms with E-state index in [0.717, 1.165) is 29.3 Å². The average molecular weight is 492 g/mol. The summed E-state index contributed by atoms with van der Waals surface area (Å²) in [6.07, 6.45) is 3.93. The third-order valence-electron chi connectivity index (χ3n) is 6.34. The lowest BCUT2D eigenvalue weighted by molar-refractivity contribution is -0.385. The monoisotopic (exact) mass is 492 g/mol. The molecule has 0 radical (unpaired) electrons. The van der Waals surface area contributed by atoms with Crippen molar-refractivity contribution in [2.45, 2.75) is 13.3 Å². The number of hydrogen-bond donors (Lipinski definition) is 0. The van der Waals surface area contributed by atoms with Crippen LogP contribution in [-0.2, 0) is 9.59 Å². The first-order chi connectivity index (χ1) is 17.1. The number of rotatable bonds is 7. The van der Waals surface area contributed by atoms with Crippen LogP contribution in [0.4, 0.5) is 11.4 Å². The smallest absolute Gasteiger partial charge is 0.273 e. The molecule has 3 amide bonds. The number of nitro groups is 2. The normalized spacial score (nSPS) is 20.7. The highest BCUT2D eigenvalue weighted by Crippen LogP contribution is 2.39. The van der Waals surface area contributed by atoms with Gasteiger partial charge in [0.05, 0.1) is 21.7 Å². The van der Waals surface area contributed by atoms with E-state index in [9.17, 15) is 39.4 Å². The van der Waals surface area contributed by atoms with Crippen molar-refractivity contribution >= 4 is 34.9 Å². The van der Waals surface area contributed by atoms with Crippen LogP contribution < -0.4 is 0 Å². The standard InChI is InChI=1S/C24H20N4O8/c1-14-3-2-4-19-21(14)24(32)26(23(19)31)25(22(30)16-7-11-18(12-8-16)28(35)36)13-20(29)15-5-9-17(10-6-15)27(33)34/h2-3,5-12,14,19,21H,4,13H2,1H3/t14-,19+,21-/m1/s1. The second-order valence-corrected chi connectivity index (χ2v) is 8.54. The molecule has 36 heavy (non-hydrogen) atoms. The fourth-order valence-electron chi connectivity index (χ4n) is 4.47. The van der Waals surface area contributed by atoms with Crippen LogP contribution in [0.15, 0.2) is 60.7 Å². The van der Waals surface area contributed by atoms with E-state index < -0.39 is 51.7 Å². The van der Waals surface area contributed by atoms with Gasteiger partial charge in [0.1, 0.15) is 6.54 Å². The molecule has 3 atom stereocenters. The van der Waals surface area contributed by atoms with Crippen LogP contribution in [0.1, 0.15) is 34.1 Å².